The van der Waals surface area contributed by atoms with Crippen LogP contribution >= 0.6 is 11.3 Å². The molecule has 2 aromatic rings. The molecule has 0 aliphatic heterocycles. The van der Waals surface area contributed by atoms with Crippen molar-refractivity contribution in [3.05, 3.63) is 55.1 Å². The summed E-state index contributed by atoms with van der Waals surface area (Å²) in [4.78, 5) is 26.5. The van der Waals surface area contributed by atoms with Crippen LogP contribution in [0.25, 0.3) is 0 Å². The number of hydrogen-bond donors (Lipinski definition) is 2. The maximum Gasteiger partial charge on any atom is 0.253 e. The molecule has 19 heavy (non-hydrogen) atoms. The van der Waals surface area contributed by atoms with Crippen LogP contribution in [0, 0.1) is 20.8 Å². The van der Waals surface area contributed by atoms with E-state index in [4.69, 9.17) is 0 Å². The van der Waals surface area contributed by atoms with E-state index >= 15 is 0 Å². The quantitative estimate of drug-likeness (QED) is 0.903. The first-order chi connectivity index (χ1) is 8.99. The van der Waals surface area contributed by atoms with E-state index in [9.17, 15) is 9.59 Å². The number of thiophene rings is 1. The minimum absolute atomic E-state index is 0.139. The normalized spacial score (nSPS) is 10.5. The molecule has 2 heterocycles. The van der Waals surface area contributed by atoms with Crippen molar-refractivity contribution in [3.8, 4) is 0 Å². The van der Waals surface area contributed by atoms with Gasteiger partial charge in [-0.15, -0.1) is 0 Å². The molecule has 0 unspecified atom stereocenters. The maximum atomic E-state index is 12.0. The first kappa shape index (κ1) is 13.5. The van der Waals surface area contributed by atoms with Crippen LogP contribution in [0.2, 0.25) is 0 Å². The summed E-state index contributed by atoms with van der Waals surface area (Å²) in [6, 6.07) is 1.90. The molecule has 0 aliphatic carbocycles. The minimum atomic E-state index is -0.141. The molecule has 0 aliphatic rings. The third-order valence-electron chi connectivity index (χ3n) is 3.02. The van der Waals surface area contributed by atoms with Crippen LogP contribution in [0.3, 0.4) is 0 Å². The summed E-state index contributed by atoms with van der Waals surface area (Å²) in [5, 5.41) is 6.54. The molecule has 2 rings (SSSR count). The summed E-state index contributed by atoms with van der Waals surface area (Å²) in [5.41, 5.74) is 3.81. The predicted molar refractivity (Wildman–Crippen MR) is 76.8 cm³/mol. The highest BCUT2D eigenvalue weighted by Gasteiger charge is 2.11. The summed E-state index contributed by atoms with van der Waals surface area (Å²) in [6.45, 7) is 5.86. The van der Waals surface area contributed by atoms with Crippen molar-refractivity contribution in [3.63, 3.8) is 0 Å². The zero-order chi connectivity index (χ0) is 14.0. The van der Waals surface area contributed by atoms with Crippen LogP contribution in [0.4, 0.5) is 0 Å². The van der Waals surface area contributed by atoms with Gasteiger partial charge in [0, 0.05) is 23.2 Å². The van der Waals surface area contributed by atoms with Crippen molar-refractivity contribution >= 4 is 17.2 Å². The van der Waals surface area contributed by atoms with Gasteiger partial charge in [0.25, 0.3) is 11.5 Å². The van der Waals surface area contributed by atoms with Crippen LogP contribution in [0.15, 0.2) is 21.6 Å². The van der Waals surface area contributed by atoms with Crippen molar-refractivity contribution in [2.45, 2.75) is 27.3 Å². The average molecular weight is 276 g/mol. The molecule has 0 atom stereocenters. The highest BCUT2D eigenvalue weighted by molar-refractivity contribution is 7.08. The molecule has 2 aromatic heterocycles. The Kier molecular flexibility index (Phi) is 3.85. The van der Waals surface area contributed by atoms with Crippen LogP contribution in [0.5, 0.6) is 0 Å². The number of H-pyrrole nitrogens is 1. The second-order valence-electron chi connectivity index (χ2n) is 4.59. The van der Waals surface area contributed by atoms with E-state index in [2.05, 4.69) is 10.3 Å². The maximum absolute atomic E-state index is 12.0. The van der Waals surface area contributed by atoms with Gasteiger partial charge < -0.3 is 10.3 Å². The van der Waals surface area contributed by atoms with Gasteiger partial charge in [-0.25, -0.2) is 0 Å². The molecule has 0 saturated heterocycles. The molecule has 2 N–H and O–H groups in total. The predicted octanol–water partition coefficient (Wildman–Crippen LogP) is 2.29. The van der Waals surface area contributed by atoms with Crippen LogP contribution in [0.1, 0.15) is 32.7 Å². The number of hydrogen-bond acceptors (Lipinski definition) is 3. The fourth-order valence-electron chi connectivity index (χ4n) is 1.96. The minimum Gasteiger partial charge on any atom is -0.348 e. The van der Waals surface area contributed by atoms with Gasteiger partial charge in [0.2, 0.25) is 0 Å². The van der Waals surface area contributed by atoms with E-state index in [1.54, 1.807) is 0 Å². The Balaban J connectivity index is 2.14. The van der Waals surface area contributed by atoms with Gasteiger partial charge in [-0.1, -0.05) is 0 Å². The summed E-state index contributed by atoms with van der Waals surface area (Å²) in [6.07, 6.45) is 0. The SMILES string of the molecule is Cc1cc(C)c(CNC(=O)c2cscc2C)c(=O)[nH]1. The van der Waals surface area contributed by atoms with E-state index in [1.807, 2.05) is 37.6 Å². The Morgan fingerprint density at radius 1 is 1.26 bits per heavy atom. The number of aromatic nitrogens is 1. The first-order valence-corrected chi connectivity index (χ1v) is 6.93. The second kappa shape index (κ2) is 5.40. The molecule has 0 fully saturated rings. The van der Waals surface area contributed by atoms with Gasteiger partial charge >= 0.3 is 0 Å². The summed E-state index contributed by atoms with van der Waals surface area (Å²) in [7, 11) is 0. The Labute approximate surface area is 115 Å². The zero-order valence-corrected chi connectivity index (χ0v) is 12.0. The topological polar surface area (TPSA) is 62.0 Å². The summed E-state index contributed by atoms with van der Waals surface area (Å²) < 4.78 is 0. The van der Waals surface area contributed by atoms with Gasteiger partial charge in [-0.2, -0.15) is 11.3 Å². The van der Waals surface area contributed by atoms with Crippen molar-refractivity contribution in [2.75, 3.05) is 0 Å². The monoisotopic (exact) mass is 276 g/mol. The lowest BCUT2D eigenvalue weighted by molar-refractivity contribution is 0.0950. The third kappa shape index (κ3) is 2.93. The fourth-order valence-corrected chi connectivity index (χ4v) is 2.79. The van der Waals surface area contributed by atoms with Crippen LogP contribution in [-0.2, 0) is 6.54 Å². The van der Waals surface area contributed by atoms with Crippen molar-refractivity contribution < 1.29 is 4.79 Å². The van der Waals surface area contributed by atoms with E-state index in [0.717, 1.165) is 16.8 Å². The number of nitrogens with one attached hydrogen (secondary N) is 2. The number of amides is 1. The number of rotatable bonds is 3. The first-order valence-electron chi connectivity index (χ1n) is 5.99. The Hall–Kier alpha value is -1.88. The molecule has 0 aromatic carbocycles. The standard InChI is InChI=1S/C14H16N2O2S/c1-8-4-10(3)16-14(18)11(8)5-15-13(17)12-7-19-6-9(12)2/h4,6-7H,5H2,1-3H3,(H,15,17)(H,16,18). The van der Waals surface area contributed by atoms with Gasteiger partial charge in [0.15, 0.2) is 0 Å². The number of aromatic amines is 1. The second-order valence-corrected chi connectivity index (χ2v) is 5.34. The van der Waals surface area contributed by atoms with Crippen molar-refractivity contribution in [2.24, 2.45) is 0 Å². The van der Waals surface area contributed by atoms with E-state index < -0.39 is 0 Å². The molecule has 1 amide bonds. The molecule has 0 spiro atoms. The Morgan fingerprint density at radius 3 is 2.58 bits per heavy atom. The van der Waals surface area contributed by atoms with Crippen molar-refractivity contribution in [1.29, 1.82) is 0 Å². The van der Waals surface area contributed by atoms with Gasteiger partial charge in [0.05, 0.1) is 5.56 Å². The highest BCUT2D eigenvalue weighted by Crippen LogP contribution is 2.13. The van der Waals surface area contributed by atoms with Crippen LogP contribution in [-0.4, -0.2) is 10.9 Å². The molecule has 5 heteroatoms. The Bertz CT molecular complexity index is 670. The lowest BCUT2D eigenvalue weighted by Crippen LogP contribution is -2.28. The number of carbonyl (C=O) groups is 1. The molecular weight excluding hydrogens is 260 g/mol. The summed E-state index contributed by atoms with van der Waals surface area (Å²) >= 11 is 1.50. The average Bonchev–Trinajstić information content (AvgIpc) is 2.73. The van der Waals surface area contributed by atoms with Crippen LogP contribution < -0.4 is 10.9 Å². The Morgan fingerprint density at radius 2 is 2.00 bits per heavy atom. The number of carbonyl (C=O) groups excluding carboxylic acids is 1. The molecule has 0 bridgehead atoms. The molecule has 0 saturated carbocycles. The molecule has 100 valence electrons. The fraction of sp³-hybridized carbons (Fsp3) is 0.286. The molecule has 0 radical (unpaired) electrons. The number of pyridine rings is 1. The van der Waals surface area contributed by atoms with E-state index in [0.29, 0.717) is 11.1 Å². The summed E-state index contributed by atoms with van der Waals surface area (Å²) in [5.74, 6) is -0.141. The van der Waals surface area contributed by atoms with E-state index in [1.165, 1.54) is 11.3 Å². The lowest BCUT2D eigenvalue weighted by Gasteiger charge is -2.08. The highest BCUT2D eigenvalue weighted by atomic mass is 32.1. The lowest BCUT2D eigenvalue weighted by atomic mass is 10.1. The molecular formula is C14H16N2O2S. The number of aryl methyl sites for hydroxylation is 3. The zero-order valence-electron chi connectivity index (χ0n) is 11.2. The van der Waals surface area contributed by atoms with E-state index in [-0.39, 0.29) is 18.0 Å². The third-order valence-corrected chi connectivity index (χ3v) is 3.88. The van der Waals surface area contributed by atoms with Crippen molar-refractivity contribution in [1.82, 2.24) is 10.3 Å². The smallest absolute Gasteiger partial charge is 0.253 e. The molecule has 4 nitrogen and oxygen atoms in total. The largest absolute Gasteiger partial charge is 0.348 e. The van der Waals surface area contributed by atoms with Gasteiger partial charge in [-0.05, 0) is 43.3 Å². The van der Waals surface area contributed by atoms with Gasteiger partial charge in [0.1, 0.15) is 0 Å². The van der Waals surface area contributed by atoms with Gasteiger partial charge in [-0.3, -0.25) is 9.59 Å².